The molecule has 0 unspecified atom stereocenters. The topological polar surface area (TPSA) is 75.4 Å². The molecule has 0 aromatic heterocycles. The molecule has 0 saturated carbocycles. The Morgan fingerprint density at radius 3 is 2.71 bits per heavy atom. The molecule has 17 heavy (non-hydrogen) atoms. The van der Waals surface area contributed by atoms with E-state index in [-0.39, 0.29) is 30.0 Å². The smallest absolute Gasteiger partial charge is 0.324 e. The van der Waals surface area contributed by atoms with Gasteiger partial charge < -0.3 is 11.1 Å². The maximum atomic E-state index is 11.4. The van der Waals surface area contributed by atoms with E-state index in [9.17, 15) is 9.59 Å². The Hall–Kier alpha value is -1.95. The van der Waals surface area contributed by atoms with Crippen molar-refractivity contribution >= 4 is 29.1 Å². The van der Waals surface area contributed by atoms with Crippen molar-refractivity contribution in [1.29, 1.82) is 0 Å². The average Bonchev–Trinajstić information content (AvgIpc) is 2.61. The molecule has 0 bridgehead atoms. The summed E-state index contributed by atoms with van der Waals surface area (Å²) >= 11 is 4.92. The van der Waals surface area contributed by atoms with Crippen LogP contribution in [-0.2, 0) is 11.3 Å². The fraction of sp³-hybridized carbons (Fsp3) is 0.182. The van der Waals surface area contributed by atoms with E-state index < -0.39 is 0 Å². The Labute approximate surface area is 104 Å². The number of benzene rings is 1. The number of thiocarbonyl (C=S) groups is 1. The molecule has 1 fully saturated rings. The van der Waals surface area contributed by atoms with Gasteiger partial charge in [0.15, 0.2) is 0 Å². The van der Waals surface area contributed by atoms with Gasteiger partial charge in [-0.3, -0.25) is 9.69 Å². The van der Waals surface area contributed by atoms with Gasteiger partial charge in [0.25, 0.3) is 0 Å². The summed E-state index contributed by atoms with van der Waals surface area (Å²) in [6, 6.07) is 6.82. The number of amides is 3. The van der Waals surface area contributed by atoms with Gasteiger partial charge in [-0.1, -0.05) is 36.5 Å². The molecule has 88 valence electrons. The normalized spacial score (nSPS) is 14.9. The fourth-order valence-electron chi connectivity index (χ4n) is 1.68. The van der Waals surface area contributed by atoms with Crippen molar-refractivity contribution in [2.45, 2.75) is 6.54 Å². The summed E-state index contributed by atoms with van der Waals surface area (Å²) in [5.41, 5.74) is 7.04. The third-order valence-corrected chi connectivity index (χ3v) is 2.77. The number of nitrogens with two attached hydrogens (primary N) is 1. The van der Waals surface area contributed by atoms with Crippen molar-refractivity contribution in [2.24, 2.45) is 5.73 Å². The number of nitrogens with one attached hydrogen (secondary N) is 1. The second-order valence-corrected chi connectivity index (χ2v) is 4.10. The van der Waals surface area contributed by atoms with Crippen LogP contribution >= 0.6 is 12.2 Å². The van der Waals surface area contributed by atoms with Crippen LogP contribution < -0.4 is 11.1 Å². The van der Waals surface area contributed by atoms with Crippen LogP contribution in [0.4, 0.5) is 4.79 Å². The molecule has 6 heteroatoms. The van der Waals surface area contributed by atoms with Crippen LogP contribution in [0.25, 0.3) is 0 Å². The maximum Gasteiger partial charge on any atom is 0.324 e. The molecule has 1 saturated heterocycles. The molecule has 0 spiro atoms. The van der Waals surface area contributed by atoms with Crippen LogP contribution in [0.15, 0.2) is 24.3 Å². The number of rotatable bonds is 3. The minimum atomic E-state index is -0.382. The lowest BCUT2D eigenvalue weighted by atomic mass is 10.1. The number of nitrogens with zero attached hydrogens (tertiary/aromatic N) is 1. The van der Waals surface area contributed by atoms with Crippen molar-refractivity contribution in [3.63, 3.8) is 0 Å². The Balaban J connectivity index is 2.27. The molecule has 1 aromatic rings. The van der Waals surface area contributed by atoms with Gasteiger partial charge >= 0.3 is 6.03 Å². The monoisotopic (exact) mass is 249 g/mol. The fourth-order valence-corrected chi connectivity index (χ4v) is 1.88. The number of hydrogen-bond donors (Lipinski definition) is 2. The number of hydrogen-bond acceptors (Lipinski definition) is 3. The summed E-state index contributed by atoms with van der Waals surface area (Å²) in [5, 5.41) is 2.46. The van der Waals surface area contributed by atoms with E-state index in [0.29, 0.717) is 5.56 Å². The number of carbonyl (C=O) groups excluding carboxylic acids is 2. The van der Waals surface area contributed by atoms with Crippen molar-refractivity contribution < 1.29 is 9.59 Å². The second kappa shape index (κ2) is 4.50. The number of urea groups is 1. The van der Waals surface area contributed by atoms with Crippen LogP contribution in [0.5, 0.6) is 0 Å². The minimum absolute atomic E-state index is 0.0497. The molecule has 1 heterocycles. The van der Waals surface area contributed by atoms with Crippen LogP contribution in [0.2, 0.25) is 0 Å². The Morgan fingerprint density at radius 2 is 2.12 bits per heavy atom. The summed E-state index contributed by atoms with van der Waals surface area (Å²) in [6.07, 6.45) is 0. The van der Waals surface area contributed by atoms with E-state index in [1.54, 1.807) is 12.1 Å². The van der Waals surface area contributed by atoms with E-state index in [1.807, 2.05) is 12.1 Å². The number of carbonyl (C=O) groups is 2. The predicted octanol–water partition coefficient (Wildman–Crippen LogP) is 0.373. The predicted molar refractivity (Wildman–Crippen MR) is 66.3 cm³/mol. The molecule has 3 amide bonds. The van der Waals surface area contributed by atoms with Crippen molar-refractivity contribution in [3.05, 3.63) is 35.4 Å². The molecule has 2 rings (SSSR count). The average molecular weight is 249 g/mol. The highest BCUT2D eigenvalue weighted by Gasteiger charge is 2.28. The van der Waals surface area contributed by atoms with Gasteiger partial charge in [-0.25, -0.2) is 4.79 Å². The van der Waals surface area contributed by atoms with Crippen LogP contribution in [0.1, 0.15) is 11.1 Å². The van der Waals surface area contributed by atoms with Gasteiger partial charge in [-0.15, -0.1) is 0 Å². The zero-order valence-corrected chi connectivity index (χ0v) is 9.79. The summed E-state index contributed by atoms with van der Waals surface area (Å²) in [5.74, 6) is -0.243. The summed E-state index contributed by atoms with van der Waals surface area (Å²) < 4.78 is 0. The first-order valence-corrected chi connectivity index (χ1v) is 5.46. The van der Waals surface area contributed by atoms with Gasteiger partial charge in [0.2, 0.25) is 5.91 Å². The molecule has 5 nitrogen and oxygen atoms in total. The first-order valence-electron chi connectivity index (χ1n) is 5.05. The quantitative estimate of drug-likeness (QED) is 0.599. The van der Waals surface area contributed by atoms with Gasteiger partial charge in [-0.2, -0.15) is 0 Å². The molecule has 1 aromatic carbocycles. The Kier molecular flexibility index (Phi) is 3.06. The van der Waals surface area contributed by atoms with Gasteiger partial charge in [0, 0.05) is 5.56 Å². The molecule has 3 N–H and O–H groups in total. The van der Waals surface area contributed by atoms with Crippen molar-refractivity contribution in [2.75, 3.05) is 6.54 Å². The van der Waals surface area contributed by atoms with E-state index >= 15 is 0 Å². The first-order chi connectivity index (χ1) is 8.09. The van der Waals surface area contributed by atoms with Crippen molar-refractivity contribution in [3.8, 4) is 0 Å². The highest BCUT2D eigenvalue weighted by atomic mass is 32.1. The van der Waals surface area contributed by atoms with Gasteiger partial charge in [-0.05, 0) is 5.56 Å². The highest BCUT2D eigenvalue weighted by Crippen LogP contribution is 2.13. The van der Waals surface area contributed by atoms with E-state index in [4.69, 9.17) is 18.0 Å². The first kappa shape index (κ1) is 11.5. The maximum absolute atomic E-state index is 11.4. The summed E-state index contributed by atoms with van der Waals surface area (Å²) in [4.78, 5) is 24.3. The number of imide groups is 1. The molecule has 0 atom stereocenters. The highest BCUT2D eigenvalue weighted by molar-refractivity contribution is 7.80. The standard InChI is InChI=1S/C11H11N3O2S/c12-10(17)8-4-2-1-3-7(8)6-14-9(15)5-13-11(14)16/h1-4H,5-6H2,(H2,12,17)(H,13,16). The lowest BCUT2D eigenvalue weighted by Gasteiger charge is -2.14. The van der Waals surface area contributed by atoms with Crippen LogP contribution in [0.3, 0.4) is 0 Å². The molecule has 0 radical (unpaired) electrons. The lowest BCUT2D eigenvalue weighted by Crippen LogP contribution is -2.31. The summed E-state index contributed by atoms with van der Waals surface area (Å²) in [7, 11) is 0. The van der Waals surface area contributed by atoms with Crippen LogP contribution in [0, 0.1) is 0 Å². The van der Waals surface area contributed by atoms with E-state index in [2.05, 4.69) is 5.32 Å². The molecule has 0 aliphatic carbocycles. The Morgan fingerprint density at radius 1 is 1.41 bits per heavy atom. The Bertz CT molecular complexity index is 485. The largest absolute Gasteiger partial charge is 0.389 e. The van der Waals surface area contributed by atoms with Gasteiger partial charge in [0.1, 0.15) is 4.99 Å². The summed E-state index contributed by atoms with van der Waals surface area (Å²) in [6.45, 7) is 0.242. The SMILES string of the molecule is NC(=S)c1ccccc1CN1C(=O)CNC1=O. The third kappa shape index (κ3) is 2.26. The van der Waals surface area contributed by atoms with E-state index in [0.717, 1.165) is 10.5 Å². The van der Waals surface area contributed by atoms with E-state index in [1.165, 1.54) is 0 Å². The molecule has 1 aliphatic rings. The van der Waals surface area contributed by atoms with Gasteiger partial charge in [0.05, 0.1) is 13.1 Å². The zero-order valence-electron chi connectivity index (χ0n) is 8.97. The third-order valence-electron chi connectivity index (χ3n) is 2.55. The molecular weight excluding hydrogens is 238 g/mol. The minimum Gasteiger partial charge on any atom is -0.389 e. The zero-order chi connectivity index (χ0) is 12.4. The lowest BCUT2D eigenvalue weighted by molar-refractivity contribution is -0.125. The molecular formula is C11H11N3O2S. The van der Waals surface area contributed by atoms with Crippen LogP contribution in [-0.4, -0.2) is 28.4 Å². The molecule has 1 aliphatic heterocycles. The second-order valence-electron chi connectivity index (χ2n) is 3.66. The van der Waals surface area contributed by atoms with Crippen molar-refractivity contribution in [1.82, 2.24) is 10.2 Å².